The molecule has 2 aromatic rings. The number of aryl methyl sites for hydroxylation is 1. The first-order valence-electron chi connectivity index (χ1n) is 6.44. The molecule has 0 radical (unpaired) electrons. The maximum Gasteiger partial charge on any atom is 0.191 e. The monoisotopic (exact) mass is 262 g/mol. The lowest BCUT2D eigenvalue weighted by Crippen LogP contribution is -2.19. The second-order valence-electron chi connectivity index (χ2n) is 4.93. The fraction of sp³-hybridized carbons (Fsp3) is 0.538. The minimum Gasteiger partial charge on any atom is -0.330 e. The summed E-state index contributed by atoms with van der Waals surface area (Å²) < 4.78 is 1.94. The molecule has 2 N–H and O–H groups in total. The van der Waals surface area contributed by atoms with Crippen LogP contribution in [0, 0.1) is 5.92 Å². The lowest BCUT2D eigenvalue weighted by atomic mass is 9.95. The van der Waals surface area contributed by atoms with Crippen LogP contribution in [-0.2, 0) is 7.05 Å². The first-order valence-corrected chi connectivity index (χ1v) is 7.32. The topological polar surface area (TPSA) is 56.7 Å². The molecule has 1 aliphatic rings. The Morgan fingerprint density at radius 1 is 1.50 bits per heavy atom. The molecule has 1 aliphatic carbocycles. The molecule has 96 valence electrons. The average Bonchev–Trinajstić information content (AvgIpc) is 3.08. The van der Waals surface area contributed by atoms with Gasteiger partial charge in [-0.2, -0.15) is 5.10 Å². The Morgan fingerprint density at radius 2 is 2.39 bits per heavy atom. The maximum absolute atomic E-state index is 5.86. The molecule has 2 atom stereocenters. The standard InChI is InChI=1S/C13H18N4S/c1-17-13(10-5-2-4-9(10)8-14)15-12(16-17)11-6-3-7-18-11/h3,6-7,9-10H,2,4-5,8,14H2,1H3. The van der Waals surface area contributed by atoms with E-state index in [1.54, 1.807) is 11.3 Å². The molecule has 2 heterocycles. The van der Waals surface area contributed by atoms with Gasteiger partial charge in [0.05, 0.1) is 4.88 Å². The zero-order valence-corrected chi connectivity index (χ0v) is 11.4. The highest BCUT2D eigenvalue weighted by atomic mass is 32.1. The Morgan fingerprint density at radius 3 is 3.11 bits per heavy atom. The van der Waals surface area contributed by atoms with E-state index in [-0.39, 0.29) is 0 Å². The number of hydrogen-bond acceptors (Lipinski definition) is 4. The average molecular weight is 262 g/mol. The molecule has 0 amide bonds. The summed E-state index contributed by atoms with van der Waals surface area (Å²) in [6.45, 7) is 0.756. The fourth-order valence-electron chi connectivity index (χ4n) is 2.89. The van der Waals surface area contributed by atoms with Gasteiger partial charge in [0.1, 0.15) is 5.82 Å². The van der Waals surface area contributed by atoms with Gasteiger partial charge in [-0.25, -0.2) is 4.98 Å². The highest BCUT2D eigenvalue weighted by Gasteiger charge is 2.31. The van der Waals surface area contributed by atoms with Crippen molar-refractivity contribution in [1.82, 2.24) is 14.8 Å². The van der Waals surface area contributed by atoms with Gasteiger partial charge in [0, 0.05) is 13.0 Å². The summed E-state index contributed by atoms with van der Waals surface area (Å²) in [6.07, 6.45) is 3.67. The van der Waals surface area contributed by atoms with Gasteiger partial charge in [-0.15, -0.1) is 11.3 Å². The molecule has 0 aromatic carbocycles. The molecular weight excluding hydrogens is 244 g/mol. The summed E-state index contributed by atoms with van der Waals surface area (Å²) in [7, 11) is 1.99. The Bertz CT molecular complexity index is 517. The molecule has 4 nitrogen and oxygen atoms in total. The minimum absolute atomic E-state index is 0.487. The number of nitrogens with zero attached hydrogens (tertiary/aromatic N) is 3. The summed E-state index contributed by atoms with van der Waals surface area (Å²) in [6, 6.07) is 4.10. The normalized spacial score (nSPS) is 23.7. The third kappa shape index (κ3) is 1.97. The second-order valence-corrected chi connectivity index (χ2v) is 5.88. The van der Waals surface area contributed by atoms with E-state index in [0.717, 1.165) is 23.1 Å². The van der Waals surface area contributed by atoms with Gasteiger partial charge in [-0.1, -0.05) is 12.5 Å². The van der Waals surface area contributed by atoms with Crippen molar-refractivity contribution in [3.8, 4) is 10.7 Å². The van der Waals surface area contributed by atoms with Crippen molar-refractivity contribution in [3.05, 3.63) is 23.3 Å². The van der Waals surface area contributed by atoms with Crippen molar-refractivity contribution >= 4 is 11.3 Å². The largest absolute Gasteiger partial charge is 0.330 e. The van der Waals surface area contributed by atoms with E-state index in [9.17, 15) is 0 Å². The lowest BCUT2D eigenvalue weighted by Gasteiger charge is -2.16. The fourth-order valence-corrected chi connectivity index (χ4v) is 3.54. The van der Waals surface area contributed by atoms with Crippen LogP contribution >= 0.6 is 11.3 Å². The van der Waals surface area contributed by atoms with Gasteiger partial charge >= 0.3 is 0 Å². The van der Waals surface area contributed by atoms with Gasteiger partial charge in [0.15, 0.2) is 5.82 Å². The summed E-state index contributed by atoms with van der Waals surface area (Å²) in [5.41, 5.74) is 5.86. The highest BCUT2D eigenvalue weighted by Crippen LogP contribution is 2.38. The predicted octanol–water partition coefficient (Wildman–Crippen LogP) is 2.39. The van der Waals surface area contributed by atoms with E-state index in [2.05, 4.69) is 16.5 Å². The minimum atomic E-state index is 0.487. The van der Waals surface area contributed by atoms with E-state index in [1.807, 2.05) is 17.8 Å². The predicted molar refractivity (Wildman–Crippen MR) is 73.5 cm³/mol. The van der Waals surface area contributed by atoms with Gasteiger partial charge in [0.2, 0.25) is 0 Å². The van der Waals surface area contributed by atoms with Crippen LogP contribution in [0.25, 0.3) is 10.7 Å². The van der Waals surface area contributed by atoms with E-state index >= 15 is 0 Å². The van der Waals surface area contributed by atoms with Crippen LogP contribution in [0.4, 0.5) is 0 Å². The van der Waals surface area contributed by atoms with Crippen molar-refractivity contribution in [3.63, 3.8) is 0 Å². The number of aromatic nitrogens is 3. The Balaban J connectivity index is 1.93. The van der Waals surface area contributed by atoms with E-state index < -0.39 is 0 Å². The summed E-state index contributed by atoms with van der Waals surface area (Å²) >= 11 is 1.68. The zero-order valence-electron chi connectivity index (χ0n) is 10.5. The van der Waals surface area contributed by atoms with Gasteiger partial charge in [-0.05, 0) is 36.8 Å². The Hall–Kier alpha value is -1.20. The molecule has 2 unspecified atom stereocenters. The van der Waals surface area contributed by atoms with Crippen molar-refractivity contribution in [1.29, 1.82) is 0 Å². The van der Waals surface area contributed by atoms with E-state index in [4.69, 9.17) is 10.7 Å². The third-order valence-corrected chi connectivity index (χ3v) is 4.70. The smallest absolute Gasteiger partial charge is 0.191 e. The van der Waals surface area contributed by atoms with Crippen LogP contribution in [0.5, 0.6) is 0 Å². The van der Waals surface area contributed by atoms with Crippen molar-refractivity contribution < 1.29 is 0 Å². The first kappa shape index (κ1) is 11.9. The van der Waals surface area contributed by atoms with E-state index in [1.165, 1.54) is 19.3 Å². The number of rotatable bonds is 3. The Labute approximate surface area is 111 Å². The summed E-state index contributed by atoms with van der Waals surface area (Å²) in [5, 5.41) is 6.60. The molecule has 3 rings (SSSR count). The van der Waals surface area contributed by atoms with Crippen molar-refractivity contribution in [2.45, 2.75) is 25.2 Å². The van der Waals surface area contributed by atoms with Crippen LogP contribution in [0.2, 0.25) is 0 Å². The molecule has 1 fully saturated rings. The SMILES string of the molecule is Cn1nc(-c2cccs2)nc1C1CCCC1CN. The van der Waals surface area contributed by atoms with Crippen LogP contribution in [-0.4, -0.2) is 21.3 Å². The number of thiophene rings is 1. The van der Waals surface area contributed by atoms with Crippen LogP contribution in [0.15, 0.2) is 17.5 Å². The maximum atomic E-state index is 5.86. The molecule has 0 aliphatic heterocycles. The van der Waals surface area contributed by atoms with Crippen molar-refractivity contribution in [2.24, 2.45) is 18.7 Å². The quantitative estimate of drug-likeness (QED) is 0.924. The molecule has 0 saturated heterocycles. The van der Waals surface area contributed by atoms with Crippen LogP contribution in [0.1, 0.15) is 31.0 Å². The highest BCUT2D eigenvalue weighted by molar-refractivity contribution is 7.13. The molecule has 0 bridgehead atoms. The van der Waals surface area contributed by atoms with Crippen LogP contribution < -0.4 is 5.73 Å². The number of nitrogens with two attached hydrogens (primary N) is 1. The lowest BCUT2D eigenvalue weighted by molar-refractivity contribution is 0.460. The third-order valence-electron chi connectivity index (χ3n) is 3.83. The summed E-state index contributed by atoms with van der Waals surface area (Å²) in [5.74, 6) is 3.02. The Kier molecular flexibility index (Phi) is 3.18. The van der Waals surface area contributed by atoms with Gasteiger partial charge in [-0.3, -0.25) is 4.68 Å². The van der Waals surface area contributed by atoms with Gasteiger partial charge in [0.25, 0.3) is 0 Å². The molecular formula is C13H18N4S. The first-order chi connectivity index (χ1) is 8.79. The second kappa shape index (κ2) is 4.82. The number of hydrogen-bond donors (Lipinski definition) is 1. The van der Waals surface area contributed by atoms with Gasteiger partial charge < -0.3 is 5.73 Å². The van der Waals surface area contributed by atoms with E-state index in [0.29, 0.717) is 11.8 Å². The van der Waals surface area contributed by atoms with Crippen molar-refractivity contribution in [2.75, 3.05) is 6.54 Å². The molecule has 1 saturated carbocycles. The molecule has 5 heteroatoms. The molecule has 2 aromatic heterocycles. The molecule has 0 spiro atoms. The zero-order chi connectivity index (χ0) is 12.5. The molecule has 18 heavy (non-hydrogen) atoms. The van der Waals surface area contributed by atoms with Crippen LogP contribution in [0.3, 0.4) is 0 Å². The summed E-state index contributed by atoms with van der Waals surface area (Å²) in [4.78, 5) is 5.88.